The predicted molar refractivity (Wildman–Crippen MR) is 74.7 cm³/mol. The van der Waals surface area contributed by atoms with Crippen LogP contribution in [0, 0.1) is 17.0 Å². The summed E-state index contributed by atoms with van der Waals surface area (Å²) < 4.78 is 5.54. The standard InChI is InChI=1S/C14H10ClNO4/c1-9-2-4-11(15)7-14(9)20-13-5-3-10(8-17)6-12(13)16(18)19/h2-8H,1H3. The summed E-state index contributed by atoms with van der Waals surface area (Å²) in [5.41, 5.74) is 0.740. The van der Waals surface area contributed by atoms with Crippen LogP contribution in [-0.2, 0) is 0 Å². The van der Waals surface area contributed by atoms with Gasteiger partial charge in [-0.15, -0.1) is 0 Å². The summed E-state index contributed by atoms with van der Waals surface area (Å²) in [6, 6.07) is 9.05. The van der Waals surface area contributed by atoms with E-state index in [0.717, 1.165) is 5.56 Å². The molecule has 0 aliphatic rings. The zero-order valence-electron chi connectivity index (χ0n) is 10.5. The van der Waals surface area contributed by atoms with Crippen molar-refractivity contribution in [3.05, 3.63) is 62.7 Å². The van der Waals surface area contributed by atoms with Gasteiger partial charge >= 0.3 is 5.69 Å². The van der Waals surface area contributed by atoms with Crippen LogP contribution in [0.25, 0.3) is 0 Å². The maximum absolute atomic E-state index is 11.0. The molecule has 2 rings (SSSR count). The Kier molecular flexibility index (Phi) is 4.00. The van der Waals surface area contributed by atoms with Crippen LogP contribution in [0.2, 0.25) is 5.02 Å². The maximum atomic E-state index is 11.0. The second kappa shape index (κ2) is 5.71. The third-order valence-corrected chi connectivity index (χ3v) is 2.92. The molecule has 0 atom stereocenters. The molecule has 0 N–H and O–H groups in total. The third kappa shape index (κ3) is 2.95. The number of hydrogen-bond acceptors (Lipinski definition) is 4. The van der Waals surface area contributed by atoms with Gasteiger partial charge in [-0.2, -0.15) is 0 Å². The van der Waals surface area contributed by atoms with Crippen LogP contribution >= 0.6 is 11.6 Å². The fourth-order valence-corrected chi connectivity index (χ4v) is 1.80. The number of aryl methyl sites for hydroxylation is 1. The van der Waals surface area contributed by atoms with E-state index in [4.69, 9.17) is 16.3 Å². The van der Waals surface area contributed by atoms with Crippen molar-refractivity contribution in [2.75, 3.05) is 0 Å². The van der Waals surface area contributed by atoms with E-state index in [0.29, 0.717) is 17.1 Å². The van der Waals surface area contributed by atoms with Gasteiger partial charge in [0.05, 0.1) is 4.92 Å². The van der Waals surface area contributed by atoms with Gasteiger partial charge in [0, 0.05) is 16.7 Å². The molecule has 102 valence electrons. The summed E-state index contributed by atoms with van der Waals surface area (Å²) in [5.74, 6) is 0.491. The van der Waals surface area contributed by atoms with Crippen LogP contribution in [0.5, 0.6) is 11.5 Å². The topological polar surface area (TPSA) is 69.4 Å². The molecular weight excluding hydrogens is 282 g/mol. The highest BCUT2D eigenvalue weighted by Gasteiger charge is 2.17. The third-order valence-electron chi connectivity index (χ3n) is 2.69. The molecule has 0 unspecified atom stereocenters. The van der Waals surface area contributed by atoms with Crippen molar-refractivity contribution in [3.8, 4) is 11.5 Å². The number of carbonyl (C=O) groups excluding carboxylic acids is 1. The number of nitro benzene ring substituents is 1. The second-order valence-electron chi connectivity index (χ2n) is 4.11. The molecule has 0 bridgehead atoms. The number of nitrogens with zero attached hydrogens (tertiary/aromatic N) is 1. The molecule has 5 nitrogen and oxygen atoms in total. The highest BCUT2D eigenvalue weighted by atomic mass is 35.5. The Bertz CT molecular complexity index is 685. The van der Waals surface area contributed by atoms with Crippen LogP contribution in [0.3, 0.4) is 0 Å². The molecule has 0 heterocycles. The van der Waals surface area contributed by atoms with Crippen molar-refractivity contribution in [1.29, 1.82) is 0 Å². The number of aldehydes is 1. The molecule has 0 amide bonds. The molecule has 0 spiro atoms. The molecule has 0 saturated carbocycles. The summed E-state index contributed by atoms with van der Waals surface area (Å²) in [4.78, 5) is 21.1. The lowest BCUT2D eigenvalue weighted by Gasteiger charge is -2.09. The number of benzene rings is 2. The van der Waals surface area contributed by atoms with Crippen LogP contribution in [0.4, 0.5) is 5.69 Å². The smallest absolute Gasteiger partial charge is 0.312 e. The first-order valence-electron chi connectivity index (χ1n) is 5.69. The van der Waals surface area contributed by atoms with Gasteiger partial charge in [0.2, 0.25) is 5.75 Å². The summed E-state index contributed by atoms with van der Waals surface area (Å²) in [7, 11) is 0. The first kappa shape index (κ1) is 14.0. The van der Waals surface area contributed by atoms with Gasteiger partial charge in [0.25, 0.3) is 0 Å². The van der Waals surface area contributed by atoms with Crippen molar-refractivity contribution >= 4 is 23.6 Å². The highest BCUT2D eigenvalue weighted by Crippen LogP contribution is 2.34. The van der Waals surface area contributed by atoms with Gasteiger partial charge in [-0.1, -0.05) is 17.7 Å². The number of rotatable bonds is 4. The van der Waals surface area contributed by atoms with E-state index in [1.54, 1.807) is 25.1 Å². The highest BCUT2D eigenvalue weighted by molar-refractivity contribution is 6.30. The van der Waals surface area contributed by atoms with Gasteiger partial charge in [-0.25, -0.2) is 0 Å². The van der Waals surface area contributed by atoms with Crippen molar-refractivity contribution < 1.29 is 14.5 Å². The first-order valence-corrected chi connectivity index (χ1v) is 6.06. The SMILES string of the molecule is Cc1ccc(Cl)cc1Oc1ccc(C=O)cc1[N+](=O)[O-]. The molecule has 20 heavy (non-hydrogen) atoms. The Balaban J connectivity index is 2.45. The molecule has 0 aliphatic heterocycles. The summed E-state index contributed by atoms with van der Waals surface area (Å²) in [6.45, 7) is 1.80. The van der Waals surface area contributed by atoms with Gasteiger partial charge < -0.3 is 4.74 Å². The summed E-state index contributed by atoms with van der Waals surface area (Å²) >= 11 is 5.87. The average molecular weight is 292 g/mol. The molecule has 0 radical (unpaired) electrons. The van der Waals surface area contributed by atoms with Crippen molar-refractivity contribution in [2.24, 2.45) is 0 Å². The number of halogens is 1. The van der Waals surface area contributed by atoms with E-state index in [-0.39, 0.29) is 17.0 Å². The van der Waals surface area contributed by atoms with E-state index in [2.05, 4.69) is 0 Å². The normalized spacial score (nSPS) is 10.1. The Morgan fingerprint density at radius 1 is 1.20 bits per heavy atom. The Hall–Kier alpha value is -2.40. The summed E-state index contributed by atoms with van der Waals surface area (Å²) in [6.07, 6.45) is 0.543. The van der Waals surface area contributed by atoms with E-state index in [1.807, 2.05) is 0 Å². The van der Waals surface area contributed by atoms with E-state index < -0.39 is 4.92 Å². The monoisotopic (exact) mass is 291 g/mol. The maximum Gasteiger partial charge on any atom is 0.312 e. The van der Waals surface area contributed by atoms with Crippen LogP contribution in [0.1, 0.15) is 15.9 Å². The van der Waals surface area contributed by atoms with Crippen molar-refractivity contribution in [2.45, 2.75) is 6.92 Å². The van der Waals surface area contributed by atoms with Crippen LogP contribution in [-0.4, -0.2) is 11.2 Å². The number of ether oxygens (including phenoxy) is 1. The van der Waals surface area contributed by atoms with Gasteiger partial charge in [0.15, 0.2) is 0 Å². The Morgan fingerprint density at radius 2 is 1.95 bits per heavy atom. The van der Waals surface area contributed by atoms with Gasteiger partial charge in [0.1, 0.15) is 12.0 Å². The van der Waals surface area contributed by atoms with Crippen molar-refractivity contribution in [3.63, 3.8) is 0 Å². The molecule has 2 aromatic rings. The minimum atomic E-state index is -0.595. The van der Waals surface area contributed by atoms with E-state index >= 15 is 0 Å². The van der Waals surface area contributed by atoms with Crippen molar-refractivity contribution in [1.82, 2.24) is 0 Å². The molecule has 2 aromatic carbocycles. The Labute approximate surface area is 119 Å². The lowest BCUT2D eigenvalue weighted by molar-refractivity contribution is -0.385. The lowest BCUT2D eigenvalue weighted by Crippen LogP contribution is -1.96. The quantitative estimate of drug-likeness (QED) is 0.482. The minimum absolute atomic E-state index is 0.0611. The van der Waals surface area contributed by atoms with E-state index in [1.165, 1.54) is 18.2 Å². The zero-order valence-corrected chi connectivity index (χ0v) is 11.3. The molecular formula is C14H10ClNO4. The minimum Gasteiger partial charge on any atom is -0.450 e. The van der Waals surface area contributed by atoms with Gasteiger partial charge in [-0.3, -0.25) is 14.9 Å². The number of carbonyl (C=O) groups is 1. The van der Waals surface area contributed by atoms with Crippen LogP contribution in [0.15, 0.2) is 36.4 Å². The van der Waals surface area contributed by atoms with Crippen LogP contribution < -0.4 is 4.74 Å². The lowest BCUT2D eigenvalue weighted by atomic mass is 10.2. The predicted octanol–water partition coefficient (Wildman–Crippen LogP) is 4.16. The molecule has 0 fully saturated rings. The fraction of sp³-hybridized carbons (Fsp3) is 0.0714. The molecule has 0 saturated heterocycles. The largest absolute Gasteiger partial charge is 0.450 e. The summed E-state index contributed by atoms with van der Waals surface area (Å²) in [5, 5.41) is 11.5. The Morgan fingerprint density at radius 3 is 2.60 bits per heavy atom. The van der Waals surface area contributed by atoms with Gasteiger partial charge in [-0.05, 0) is 36.8 Å². The fourth-order valence-electron chi connectivity index (χ4n) is 1.64. The average Bonchev–Trinajstić information content (AvgIpc) is 2.43. The van der Waals surface area contributed by atoms with E-state index in [9.17, 15) is 14.9 Å². The molecule has 0 aromatic heterocycles. The first-order chi connectivity index (χ1) is 9.51. The number of hydrogen-bond donors (Lipinski definition) is 0. The second-order valence-corrected chi connectivity index (χ2v) is 4.55. The number of nitro groups is 1. The molecule has 6 heteroatoms. The zero-order chi connectivity index (χ0) is 14.7. The molecule has 0 aliphatic carbocycles.